The molecule has 2 aromatic heterocycles. The second-order valence-corrected chi connectivity index (χ2v) is 6.68. The molecule has 1 aliphatic carbocycles. The van der Waals surface area contributed by atoms with Crippen LogP contribution in [0.25, 0.3) is 0 Å². The summed E-state index contributed by atoms with van der Waals surface area (Å²) in [6.45, 7) is 1.58. The van der Waals surface area contributed by atoms with E-state index in [0.717, 1.165) is 37.3 Å². The molecule has 7 heteroatoms. The van der Waals surface area contributed by atoms with E-state index in [0.29, 0.717) is 12.3 Å². The third-order valence-corrected chi connectivity index (χ3v) is 4.75. The van der Waals surface area contributed by atoms with Gasteiger partial charge in [0, 0.05) is 31.9 Å². The van der Waals surface area contributed by atoms with Gasteiger partial charge in [0.25, 0.3) is 0 Å². The van der Waals surface area contributed by atoms with Crippen LogP contribution in [0.5, 0.6) is 0 Å². The van der Waals surface area contributed by atoms with Crippen molar-refractivity contribution in [1.29, 1.82) is 0 Å². The number of aryl methyl sites for hydroxylation is 1. The van der Waals surface area contributed by atoms with Gasteiger partial charge in [-0.05, 0) is 31.7 Å². The maximum Gasteiger partial charge on any atom is 0.228 e. The topological polar surface area (TPSA) is 68.8 Å². The molecule has 1 atom stereocenters. The van der Waals surface area contributed by atoms with Crippen LogP contribution in [-0.2, 0) is 24.8 Å². The minimum absolute atomic E-state index is 0.161. The van der Waals surface area contributed by atoms with E-state index >= 15 is 0 Å². The number of carbonyl (C=O) groups is 1. The molecule has 0 aromatic carbocycles. The lowest BCUT2D eigenvalue weighted by molar-refractivity contribution is -0.131. The average Bonchev–Trinajstić information content (AvgIpc) is 2.93. The fraction of sp³-hybridized carbons (Fsp3) is 0.625. The van der Waals surface area contributed by atoms with Crippen LogP contribution < -0.4 is 0 Å². The predicted octanol–water partition coefficient (Wildman–Crippen LogP) is 1.12. The summed E-state index contributed by atoms with van der Waals surface area (Å²) in [5.74, 6) is 0.781. The van der Waals surface area contributed by atoms with Gasteiger partial charge < -0.3 is 4.90 Å². The van der Waals surface area contributed by atoms with Crippen molar-refractivity contribution in [3.05, 3.63) is 29.8 Å². The molecule has 0 N–H and O–H groups in total. The highest BCUT2D eigenvalue weighted by atomic mass is 16.2. The molecule has 3 heterocycles. The number of hydrogen-bond acceptors (Lipinski definition) is 4. The quantitative estimate of drug-likeness (QED) is 0.829. The first-order valence-electron chi connectivity index (χ1n) is 8.37. The summed E-state index contributed by atoms with van der Waals surface area (Å²) in [5.41, 5.74) is 1.94. The molecule has 1 amide bonds. The molecule has 0 spiro atoms. The molecule has 23 heavy (non-hydrogen) atoms. The smallest absolute Gasteiger partial charge is 0.228 e. The Labute approximate surface area is 135 Å². The van der Waals surface area contributed by atoms with Crippen molar-refractivity contribution in [2.75, 3.05) is 6.54 Å². The maximum atomic E-state index is 12.6. The Balaban J connectivity index is 1.39. The van der Waals surface area contributed by atoms with Gasteiger partial charge in [-0.2, -0.15) is 5.10 Å². The van der Waals surface area contributed by atoms with Crippen LogP contribution in [0.15, 0.2) is 18.5 Å². The number of nitrogens with zero attached hydrogens (tertiary/aromatic N) is 6. The Morgan fingerprint density at radius 2 is 2.22 bits per heavy atom. The van der Waals surface area contributed by atoms with Crippen LogP contribution in [0, 0.1) is 0 Å². The van der Waals surface area contributed by atoms with E-state index in [1.165, 1.54) is 12.8 Å². The second kappa shape index (κ2) is 5.79. The molecule has 0 bridgehead atoms. The van der Waals surface area contributed by atoms with Crippen LogP contribution in [0.3, 0.4) is 0 Å². The lowest BCUT2D eigenvalue weighted by atomic mass is 10.2. The van der Waals surface area contributed by atoms with Gasteiger partial charge in [-0.25, -0.2) is 0 Å². The van der Waals surface area contributed by atoms with E-state index < -0.39 is 0 Å². The highest BCUT2D eigenvalue weighted by Gasteiger charge is 2.31. The Kier molecular flexibility index (Phi) is 3.63. The van der Waals surface area contributed by atoms with Gasteiger partial charge >= 0.3 is 0 Å². The largest absolute Gasteiger partial charge is 0.338 e. The fourth-order valence-corrected chi connectivity index (χ4v) is 3.35. The van der Waals surface area contributed by atoms with Gasteiger partial charge in [0.15, 0.2) is 0 Å². The van der Waals surface area contributed by atoms with Crippen LogP contribution in [0.1, 0.15) is 43.0 Å². The molecule has 2 aromatic rings. The Bertz CT molecular complexity index is 701. The molecule has 7 nitrogen and oxygen atoms in total. The molecule has 0 radical (unpaired) electrons. The van der Waals surface area contributed by atoms with Crippen molar-refractivity contribution >= 4 is 5.91 Å². The number of aromatic nitrogens is 5. The normalized spacial score (nSPS) is 21.1. The van der Waals surface area contributed by atoms with E-state index in [1.54, 1.807) is 4.68 Å². The number of carbonyl (C=O) groups excluding carboxylic acids is 1. The Morgan fingerprint density at radius 3 is 2.96 bits per heavy atom. The monoisotopic (exact) mass is 314 g/mol. The summed E-state index contributed by atoms with van der Waals surface area (Å²) >= 11 is 0. The molecular weight excluding hydrogens is 292 g/mol. The van der Waals surface area contributed by atoms with Crippen molar-refractivity contribution in [2.24, 2.45) is 7.05 Å². The first kappa shape index (κ1) is 14.4. The zero-order valence-corrected chi connectivity index (χ0v) is 13.4. The van der Waals surface area contributed by atoms with Gasteiger partial charge in [-0.15, -0.1) is 5.10 Å². The lowest BCUT2D eigenvalue weighted by Crippen LogP contribution is -2.39. The van der Waals surface area contributed by atoms with Crippen LogP contribution in [-0.4, -0.2) is 48.2 Å². The van der Waals surface area contributed by atoms with Crippen molar-refractivity contribution in [2.45, 2.75) is 50.6 Å². The van der Waals surface area contributed by atoms with Gasteiger partial charge in [-0.3, -0.25) is 14.2 Å². The summed E-state index contributed by atoms with van der Waals surface area (Å²) in [7, 11) is 1.87. The zero-order chi connectivity index (χ0) is 15.8. The summed E-state index contributed by atoms with van der Waals surface area (Å²) in [6.07, 6.45) is 8.86. The maximum absolute atomic E-state index is 12.6. The van der Waals surface area contributed by atoms with Crippen molar-refractivity contribution in [3.8, 4) is 0 Å². The minimum atomic E-state index is 0.161. The minimum Gasteiger partial charge on any atom is -0.338 e. The van der Waals surface area contributed by atoms with Gasteiger partial charge in [-0.1, -0.05) is 5.21 Å². The van der Waals surface area contributed by atoms with Crippen LogP contribution >= 0.6 is 0 Å². The predicted molar refractivity (Wildman–Crippen MR) is 83.6 cm³/mol. The molecular formula is C16H22N6O. The molecule has 1 aliphatic heterocycles. The average molecular weight is 314 g/mol. The molecule has 2 fully saturated rings. The van der Waals surface area contributed by atoms with Crippen molar-refractivity contribution < 1.29 is 4.79 Å². The van der Waals surface area contributed by atoms with Gasteiger partial charge in [0.05, 0.1) is 30.4 Å². The molecule has 1 saturated carbocycles. The highest BCUT2D eigenvalue weighted by molar-refractivity contribution is 5.78. The number of likely N-dealkylation sites (tertiary alicyclic amines) is 1. The van der Waals surface area contributed by atoms with E-state index in [4.69, 9.17) is 0 Å². The lowest BCUT2D eigenvalue weighted by Gasteiger charge is -2.24. The van der Waals surface area contributed by atoms with Gasteiger partial charge in [0.2, 0.25) is 5.91 Å². The zero-order valence-electron chi connectivity index (χ0n) is 13.4. The number of hydrogen-bond donors (Lipinski definition) is 0. The number of amides is 1. The first-order chi connectivity index (χ1) is 11.2. The Hall–Kier alpha value is -2.18. The SMILES string of the molecule is Cn1ccc(CC(=O)N2CCC[C@H]2Cn2cc(C3CC3)nn2)n1. The highest BCUT2D eigenvalue weighted by Crippen LogP contribution is 2.38. The van der Waals surface area contributed by atoms with E-state index in [9.17, 15) is 4.79 Å². The summed E-state index contributed by atoms with van der Waals surface area (Å²) < 4.78 is 3.64. The Morgan fingerprint density at radius 1 is 1.35 bits per heavy atom. The third kappa shape index (κ3) is 3.13. The second-order valence-electron chi connectivity index (χ2n) is 6.68. The summed E-state index contributed by atoms with van der Waals surface area (Å²) in [4.78, 5) is 14.6. The van der Waals surface area contributed by atoms with E-state index in [-0.39, 0.29) is 11.9 Å². The third-order valence-electron chi connectivity index (χ3n) is 4.75. The fourth-order valence-electron chi connectivity index (χ4n) is 3.35. The van der Waals surface area contributed by atoms with Crippen molar-refractivity contribution in [1.82, 2.24) is 29.7 Å². The standard InChI is InChI=1S/C16H22N6O/c1-20-8-6-13(18-20)9-16(23)22-7-2-3-14(22)10-21-11-15(17-19-21)12-4-5-12/h6,8,11-12,14H,2-5,7,9-10H2,1H3/t14-/m0/s1. The first-order valence-corrected chi connectivity index (χ1v) is 8.37. The van der Waals surface area contributed by atoms with Crippen LogP contribution in [0.4, 0.5) is 0 Å². The summed E-state index contributed by atoms with van der Waals surface area (Å²) in [5, 5.41) is 12.8. The molecule has 1 saturated heterocycles. The molecule has 2 aliphatic rings. The molecule has 122 valence electrons. The van der Waals surface area contributed by atoms with Gasteiger partial charge in [0.1, 0.15) is 0 Å². The van der Waals surface area contributed by atoms with Crippen molar-refractivity contribution in [3.63, 3.8) is 0 Å². The van der Waals surface area contributed by atoms with E-state index in [2.05, 4.69) is 21.6 Å². The summed E-state index contributed by atoms with van der Waals surface area (Å²) in [6, 6.07) is 2.13. The van der Waals surface area contributed by atoms with E-state index in [1.807, 2.05) is 28.9 Å². The van der Waals surface area contributed by atoms with Crippen LogP contribution in [0.2, 0.25) is 0 Å². The molecule has 4 rings (SSSR count). The number of rotatable bonds is 5. The molecule has 0 unspecified atom stereocenters.